The molecule has 2 aromatic heterocycles. The minimum atomic E-state index is -0.121. The molecule has 3 heteroatoms. The van der Waals surface area contributed by atoms with Crippen LogP contribution in [0.4, 0.5) is 0 Å². The van der Waals surface area contributed by atoms with Gasteiger partial charge in [-0.25, -0.2) is 9.97 Å². The number of benzene rings is 5. The number of rotatable bonds is 1. The first-order valence-corrected chi connectivity index (χ1v) is 12.4. The van der Waals surface area contributed by atoms with Crippen LogP contribution in [0.1, 0.15) is 25.0 Å². The first kappa shape index (κ1) is 19.8. The van der Waals surface area contributed by atoms with Gasteiger partial charge in [0, 0.05) is 16.2 Å². The summed E-state index contributed by atoms with van der Waals surface area (Å²) in [7, 11) is 0. The molecular weight excluding hydrogens is 438 g/mol. The molecule has 3 nitrogen and oxygen atoms in total. The molecule has 0 N–H and O–H groups in total. The van der Waals surface area contributed by atoms with E-state index in [1.165, 1.54) is 54.7 Å². The van der Waals surface area contributed by atoms with Gasteiger partial charge in [0.15, 0.2) is 0 Å². The van der Waals surface area contributed by atoms with E-state index < -0.39 is 0 Å². The third-order valence-electron chi connectivity index (χ3n) is 8.08. The smallest absolute Gasteiger partial charge is 0.116 e. The summed E-state index contributed by atoms with van der Waals surface area (Å²) in [5, 5.41) is 6.18. The number of hydrogen-bond donors (Lipinski definition) is 0. The fourth-order valence-corrected chi connectivity index (χ4v) is 6.50. The molecule has 36 heavy (non-hydrogen) atoms. The van der Waals surface area contributed by atoms with Crippen LogP contribution in [0.3, 0.4) is 0 Å². The Labute approximate surface area is 208 Å². The fourth-order valence-electron chi connectivity index (χ4n) is 6.50. The zero-order chi connectivity index (χ0) is 24.0. The minimum absolute atomic E-state index is 0.121. The molecule has 0 unspecified atom stereocenters. The Bertz CT molecular complexity index is 2030. The zero-order valence-corrected chi connectivity index (χ0v) is 20.2. The normalized spacial score (nSPS) is 14.1. The van der Waals surface area contributed by atoms with E-state index in [0.29, 0.717) is 0 Å². The molecule has 2 heterocycles. The highest BCUT2D eigenvalue weighted by atomic mass is 15.0. The van der Waals surface area contributed by atoms with E-state index in [1.807, 2.05) is 6.20 Å². The average molecular weight is 462 g/mol. The highest BCUT2D eigenvalue weighted by Crippen LogP contribution is 2.53. The lowest BCUT2D eigenvalue weighted by molar-refractivity contribution is 0.666. The van der Waals surface area contributed by atoms with E-state index in [0.717, 1.165) is 16.7 Å². The SMILES string of the molecule is CC1(C)c2ccccc2-c2ccc3c(c21)c1ncncc1n3-c1cccc2cc3ccccc3cc12. The molecule has 0 radical (unpaired) electrons. The lowest BCUT2D eigenvalue weighted by atomic mass is 9.81. The van der Waals surface area contributed by atoms with Gasteiger partial charge in [0.25, 0.3) is 0 Å². The highest BCUT2D eigenvalue weighted by molar-refractivity contribution is 6.14. The van der Waals surface area contributed by atoms with Gasteiger partial charge in [0.05, 0.1) is 22.9 Å². The summed E-state index contributed by atoms with van der Waals surface area (Å²) >= 11 is 0. The van der Waals surface area contributed by atoms with Crippen molar-refractivity contribution in [3.63, 3.8) is 0 Å². The van der Waals surface area contributed by atoms with Gasteiger partial charge in [-0.15, -0.1) is 0 Å². The second-order valence-corrected chi connectivity index (χ2v) is 10.3. The van der Waals surface area contributed by atoms with Crippen LogP contribution < -0.4 is 0 Å². The number of nitrogens with zero attached hydrogens (tertiary/aromatic N) is 3. The molecule has 1 aliphatic carbocycles. The van der Waals surface area contributed by atoms with E-state index in [-0.39, 0.29) is 5.41 Å². The fraction of sp³-hybridized carbons (Fsp3) is 0.0909. The third-order valence-corrected chi connectivity index (χ3v) is 8.08. The van der Waals surface area contributed by atoms with E-state index in [4.69, 9.17) is 4.98 Å². The van der Waals surface area contributed by atoms with Crippen LogP contribution in [0.2, 0.25) is 0 Å². The van der Waals surface area contributed by atoms with Crippen LogP contribution in [0, 0.1) is 0 Å². The summed E-state index contributed by atoms with van der Waals surface area (Å²) in [5.41, 5.74) is 9.62. The highest BCUT2D eigenvalue weighted by Gasteiger charge is 2.38. The van der Waals surface area contributed by atoms with E-state index in [2.05, 4.69) is 114 Å². The van der Waals surface area contributed by atoms with Crippen molar-refractivity contribution in [3.05, 3.63) is 115 Å². The summed E-state index contributed by atoms with van der Waals surface area (Å²) in [6.45, 7) is 4.68. The van der Waals surface area contributed by atoms with Crippen molar-refractivity contribution >= 4 is 43.5 Å². The topological polar surface area (TPSA) is 30.7 Å². The molecule has 0 bridgehead atoms. The molecule has 0 spiro atoms. The quantitative estimate of drug-likeness (QED) is 0.231. The van der Waals surface area contributed by atoms with Gasteiger partial charge in [-0.05, 0) is 62.7 Å². The van der Waals surface area contributed by atoms with Gasteiger partial charge in [-0.1, -0.05) is 80.6 Å². The molecule has 5 aromatic carbocycles. The van der Waals surface area contributed by atoms with Crippen molar-refractivity contribution < 1.29 is 0 Å². The first-order valence-electron chi connectivity index (χ1n) is 12.4. The number of aromatic nitrogens is 3. The summed E-state index contributed by atoms with van der Waals surface area (Å²) in [5.74, 6) is 0. The van der Waals surface area contributed by atoms with Gasteiger partial charge in [0.1, 0.15) is 11.8 Å². The van der Waals surface area contributed by atoms with Gasteiger partial charge in [-0.3, -0.25) is 0 Å². The average Bonchev–Trinajstić information content (AvgIpc) is 3.36. The van der Waals surface area contributed by atoms with E-state index in [9.17, 15) is 0 Å². The van der Waals surface area contributed by atoms with Gasteiger partial charge in [0.2, 0.25) is 0 Å². The van der Waals surface area contributed by atoms with Gasteiger partial charge in [-0.2, -0.15) is 0 Å². The van der Waals surface area contributed by atoms with Crippen LogP contribution in [0.15, 0.2) is 104 Å². The molecule has 0 saturated carbocycles. The van der Waals surface area contributed by atoms with Crippen molar-refractivity contribution in [2.24, 2.45) is 0 Å². The van der Waals surface area contributed by atoms with E-state index in [1.54, 1.807) is 6.33 Å². The largest absolute Gasteiger partial charge is 0.306 e. The Kier molecular flexibility index (Phi) is 3.73. The van der Waals surface area contributed by atoms with Crippen LogP contribution in [0.25, 0.3) is 60.3 Å². The Morgan fingerprint density at radius 2 is 1.47 bits per heavy atom. The molecule has 7 aromatic rings. The number of fused-ring (bicyclic) bond motifs is 9. The maximum atomic E-state index is 4.86. The molecule has 0 saturated heterocycles. The van der Waals surface area contributed by atoms with Crippen LogP contribution in [-0.4, -0.2) is 14.5 Å². The maximum absolute atomic E-state index is 4.86. The van der Waals surface area contributed by atoms with Crippen molar-refractivity contribution in [1.29, 1.82) is 0 Å². The molecule has 170 valence electrons. The second kappa shape index (κ2) is 6.79. The molecule has 0 fully saturated rings. The lowest BCUT2D eigenvalue weighted by Crippen LogP contribution is -2.15. The van der Waals surface area contributed by atoms with Gasteiger partial charge < -0.3 is 4.57 Å². The maximum Gasteiger partial charge on any atom is 0.116 e. The van der Waals surface area contributed by atoms with Crippen molar-refractivity contribution in [2.75, 3.05) is 0 Å². The molecule has 8 rings (SSSR count). The van der Waals surface area contributed by atoms with Gasteiger partial charge >= 0.3 is 0 Å². The minimum Gasteiger partial charge on any atom is -0.306 e. The Morgan fingerprint density at radius 1 is 0.694 bits per heavy atom. The Balaban J connectivity index is 1.54. The Hall–Kier alpha value is -4.50. The first-order chi connectivity index (χ1) is 17.6. The monoisotopic (exact) mass is 461 g/mol. The molecule has 0 amide bonds. The summed E-state index contributed by atoms with van der Waals surface area (Å²) in [4.78, 5) is 9.32. The van der Waals surface area contributed by atoms with Crippen molar-refractivity contribution in [1.82, 2.24) is 14.5 Å². The van der Waals surface area contributed by atoms with Crippen molar-refractivity contribution in [3.8, 4) is 16.8 Å². The summed E-state index contributed by atoms with van der Waals surface area (Å²) in [6, 6.07) is 33.1. The molecular formula is C33H23N3. The standard InChI is InChI=1S/C33H23N3/c1-33(2)26-12-6-5-11-23(26)24-14-15-28-30(31(24)33)32-29(18-34-19-35-32)36(28)27-13-7-10-22-16-20-8-3-4-9-21(20)17-25(22)27/h3-19H,1-2H3. The molecule has 0 aliphatic heterocycles. The van der Waals surface area contributed by atoms with Crippen LogP contribution in [0.5, 0.6) is 0 Å². The van der Waals surface area contributed by atoms with Crippen LogP contribution in [-0.2, 0) is 5.41 Å². The second-order valence-electron chi connectivity index (χ2n) is 10.3. The lowest BCUT2D eigenvalue weighted by Gasteiger charge is -2.22. The van der Waals surface area contributed by atoms with E-state index >= 15 is 0 Å². The van der Waals surface area contributed by atoms with Crippen molar-refractivity contribution in [2.45, 2.75) is 19.3 Å². The summed E-state index contributed by atoms with van der Waals surface area (Å²) in [6.07, 6.45) is 3.64. The predicted octanol–water partition coefficient (Wildman–Crippen LogP) is 8.19. The third kappa shape index (κ3) is 2.42. The summed E-state index contributed by atoms with van der Waals surface area (Å²) < 4.78 is 2.36. The molecule has 1 aliphatic rings. The zero-order valence-electron chi connectivity index (χ0n) is 20.2. The van der Waals surface area contributed by atoms with Crippen LogP contribution >= 0.6 is 0 Å². The predicted molar refractivity (Wildman–Crippen MR) is 149 cm³/mol. The number of hydrogen-bond acceptors (Lipinski definition) is 2. The Morgan fingerprint density at radius 3 is 2.36 bits per heavy atom. The molecule has 0 atom stereocenters.